The van der Waals surface area contributed by atoms with Crippen molar-refractivity contribution in [3.05, 3.63) is 64.7 Å². The van der Waals surface area contributed by atoms with Gasteiger partial charge in [-0.05, 0) is 41.8 Å². The first-order valence-corrected chi connectivity index (χ1v) is 14.9. The molecular weight excluding hydrogens is 652 g/mol. The molecule has 4 rings (SSSR count). The number of nitrogens with two attached hydrogens (primary N) is 1. The van der Waals surface area contributed by atoms with Gasteiger partial charge in [-0.3, -0.25) is 19.2 Å². The number of azo groups is 2. The van der Waals surface area contributed by atoms with E-state index in [1.807, 2.05) is 0 Å². The molecule has 0 aliphatic heterocycles. The maximum atomic E-state index is 12.2. The van der Waals surface area contributed by atoms with Crippen molar-refractivity contribution in [3.63, 3.8) is 0 Å². The molecule has 0 bridgehead atoms. The molecule has 0 aromatic heterocycles. The highest BCUT2D eigenvalue weighted by molar-refractivity contribution is 7.94. The molecule has 0 spiro atoms. The Bertz CT molecular complexity index is 2090. The Hall–Kier alpha value is -4.81. The third-order valence-corrected chi connectivity index (χ3v) is 7.93. The maximum absolute atomic E-state index is 12.2. The van der Waals surface area contributed by atoms with Gasteiger partial charge in [-0.1, -0.05) is 17.2 Å². The number of hydrogen-bond donors (Lipinski definition) is 6. The van der Waals surface area contributed by atoms with Gasteiger partial charge in [0.15, 0.2) is 17.2 Å². The minimum atomic E-state index is -5.17. The van der Waals surface area contributed by atoms with Crippen LogP contribution in [0.5, 0.6) is 11.5 Å². The normalized spacial score (nSPS) is 12.4. The highest BCUT2D eigenvalue weighted by Gasteiger charge is 2.27. The highest BCUT2D eigenvalue weighted by atomic mass is 32.2. The van der Waals surface area contributed by atoms with Crippen LogP contribution in [0.2, 0.25) is 0 Å². The molecule has 0 aliphatic rings. The second-order valence-electron chi connectivity index (χ2n) is 8.29. The van der Waals surface area contributed by atoms with Crippen LogP contribution in [0.4, 0.5) is 34.1 Å². The Morgan fingerprint density at radius 2 is 1.43 bits per heavy atom. The number of phenolic OH excluding ortho intramolecular Hbond substituents is 2. The summed E-state index contributed by atoms with van der Waals surface area (Å²) in [4.78, 5) is 8.47. The Kier molecular flexibility index (Phi) is 9.07. The minimum absolute atomic E-state index is 0.00439. The number of fused-ring (bicyclic) bond motifs is 1. The average molecular weight is 669 g/mol. The number of phenols is 2. The van der Waals surface area contributed by atoms with Gasteiger partial charge in [0.1, 0.15) is 26.9 Å². The van der Waals surface area contributed by atoms with E-state index < -0.39 is 74.6 Å². The largest absolute Gasteiger partial charge is 0.505 e. The first-order valence-electron chi connectivity index (χ1n) is 11.2. The number of hydrogen-bond acceptors (Lipinski definition) is 17. The third kappa shape index (κ3) is 6.71. The van der Waals surface area contributed by atoms with Crippen LogP contribution in [0.3, 0.4) is 0 Å². The van der Waals surface area contributed by atoms with Gasteiger partial charge in [-0.25, -0.2) is 5.26 Å². The van der Waals surface area contributed by atoms with Crippen LogP contribution >= 0.6 is 12.0 Å². The number of benzene rings is 4. The molecule has 0 aliphatic carbocycles. The fourth-order valence-corrected chi connectivity index (χ4v) is 5.46. The lowest BCUT2D eigenvalue weighted by atomic mass is 10.1. The van der Waals surface area contributed by atoms with Gasteiger partial charge in [-0.15, -0.1) is 24.8 Å². The molecule has 44 heavy (non-hydrogen) atoms. The summed E-state index contributed by atoms with van der Waals surface area (Å²) in [7, 11) is -10.00. The molecule has 7 N–H and O–H groups in total. The molecule has 19 nitrogen and oxygen atoms in total. The van der Waals surface area contributed by atoms with Crippen molar-refractivity contribution in [2.24, 2.45) is 20.5 Å². The van der Waals surface area contributed by atoms with E-state index in [0.717, 1.165) is 42.5 Å². The van der Waals surface area contributed by atoms with E-state index in [1.165, 1.54) is 12.1 Å². The Labute approximate surface area is 249 Å². The number of nitro benzene ring substituents is 1. The van der Waals surface area contributed by atoms with Crippen molar-refractivity contribution in [1.29, 1.82) is 0 Å². The first kappa shape index (κ1) is 32.1. The third-order valence-electron chi connectivity index (χ3n) is 5.54. The molecule has 0 heterocycles. The molecule has 0 fully saturated rings. The van der Waals surface area contributed by atoms with E-state index in [9.17, 15) is 46.3 Å². The van der Waals surface area contributed by atoms with E-state index in [0.29, 0.717) is 0 Å². The second-order valence-corrected chi connectivity index (χ2v) is 11.8. The fourth-order valence-electron chi connectivity index (χ4n) is 3.71. The quantitative estimate of drug-likeness (QED) is 0.0231. The monoisotopic (exact) mass is 668 g/mol. The van der Waals surface area contributed by atoms with E-state index in [4.69, 9.17) is 11.0 Å². The molecule has 0 unspecified atom stereocenters. The van der Waals surface area contributed by atoms with Gasteiger partial charge < -0.3 is 15.9 Å². The summed E-state index contributed by atoms with van der Waals surface area (Å²) < 4.78 is 71.7. The van der Waals surface area contributed by atoms with Crippen LogP contribution < -0.4 is 5.73 Å². The molecule has 0 saturated carbocycles. The summed E-state index contributed by atoms with van der Waals surface area (Å²) >= 11 is 0.182. The zero-order valence-electron chi connectivity index (χ0n) is 21.2. The Morgan fingerprint density at radius 3 is 2.07 bits per heavy atom. The van der Waals surface area contributed by atoms with E-state index >= 15 is 0 Å². The van der Waals surface area contributed by atoms with Crippen molar-refractivity contribution in [3.8, 4) is 11.5 Å². The standard InChI is InChI=1S/C22H16N6O13S3/c23-11-5-6-16(43(34,35)36)13(9-11)25-26-19-15(42-41-40-33)7-10-8-17(44(37,38)39)20(22(30)18(10)21(19)29)27-24-12-3-1-2-4-14(12)28(31)32/h1-9,29-30,33H,23H2,(H,34,35,36)(H,37,38,39)/b26-25+,27-24+. The van der Waals surface area contributed by atoms with Gasteiger partial charge >= 0.3 is 0 Å². The Balaban J connectivity index is 2.01. The van der Waals surface area contributed by atoms with Crippen LogP contribution in [-0.2, 0) is 29.6 Å². The van der Waals surface area contributed by atoms with Crippen molar-refractivity contribution in [2.45, 2.75) is 14.7 Å². The minimum Gasteiger partial charge on any atom is -0.505 e. The van der Waals surface area contributed by atoms with Crippen LogP contribution in [-0.4, -0.2) is 46.3 Å². The highest BCUT2D eigenvalue weighted by Crippen LogP contribution is 2.51. The fraction of sp³-hybridized carbons (Fsp3) is 0. The average Bonchev–Trinajstić information content (AvgIpc) is 2.93. The molecule has 0 atom stereocenters. The SMILES string of the molecule is Nc1ccc(S(=O)(=O)O)c(/N=N/c2c(SOOO)cc3cc(S(=O)(=O)O)c(/N=N/c4ccccc4[N+](=O)[O-])c(O)c3c2O)c1. The smallest absolute Gasteiger partial charge is 0.296 e. The summed E-state index contributed by atoms with van der Waals surface area (Å²) in [5.74, 6) is -2.07. The van der Waals surface area contributed by atoms with Crippen molar-refractivity contribution in [1.82, 2.24) is 0 Å². The molecule has 0 amide bonds. The van der Waals surface area contributed by atoms with Gasteiger partial charge in [0, 0.05) is 11.8 Å². The summed E-state index contributed by atoms with van der Waals surface area (Å²) in [6, 6.07) is 9.78. The molecule has 230 valence electrons. The number of nitrogen functional groups attached to an aromatic ring is 1. The van der Waals surface area contributed by atoms with Crippen LogP contribution in [0.1, 0.15) is 0 Å². The molecule has 0 saturated heterocycles. The van der Waals surface area contributed by atoms with Crippen LogP contribution in [0, 0.1) is 10.1 Å². The van der Waals surface area contributed by atoms with Crippen LogP contribution in [0.25, 0.3) is 10.8 Å². The van der Waals surface area contributed by atoms with Gasteiger partial charge in [0.25, 0.3) is 25.9 Å². The molecule has 4 aromatic rings. The zero-order valence-corrected chi connectivity index (χ0v) is 23.7. The molecule has 22 heteroatoms. The van der Waals surface area contributed by atoms with Crippen molar-refractivity contribution < 1.29 is 55.7 Å². The lowest BCUT2D eigenvalue weighted by Gasteiger charge is -2.13. The number of aromatic hydroxyl groups is 2. The summed E-state index contributed by atoms with van der Waals surface area (Å²) in [6.07, 6.45) is 0. The van der Waals surface area contributed by atoms with Gasteiger partial charge in [-0.2, -0.15) is 16.8 Å². The van der Waals surface area contributed by atoms with Gasteiger partial charge in [0.2, 0.25) is 0 Å². The zero-order chi connectivity index (χ0) is 32.4. The summed E-state index contributed by atoms with van der Waals surface area (Å²) in [5.41, 5.74) is 2.74. The lowest BCUT2D eigenvalue weighted by molar-refractivity contribution is -0.432. The first-order chi connectivity index (χ1) is 20.6. The molecule has 4 aromatic carbocycles. The van der Waals surface area contributed by atoms with E-state index in [1.54, 1.807) is 0 Å². The van der Waals surface area contributed by atoms with E-state index in [-0.39, 0.29) is 33.7 Å². The number of nitro groups is 1. The molecule has 0 radical (unpaired) electrons. The number of para-hydroxylation sites is 1. The van der Waals surface area contributed by atoms with Crippen molar-refractivity contribution in [2.75, 3.05) is 5.73 Å². The Morgan fingerprint density at radius 1 is 0.818 bits per heavy atom. The van der Waals surface area contributed by atoms with Crippen LogP contribution in [0.15, 0.2) is 89.7 Å². The number of anilines is 1. The summed E-state index contributed by atoms with van der Waals surface area (Å²) in [6.45, 7) is 0. The predicted octanol–water partition coefficient (Wildman–Crippen LogP) is 5.49. The van der Waals surface area contributed by atoms with Gasteiger partial charge in [0.05, 0.1) is 27.2 Å². The second kappa shape index (κ2) is 12.4. The maximum Gasteiger partial charge on any atom is 0.296 e. The van der Waals surface area contributed by atoms with Crippen molar-refractivity contribution >= 4 is 77.2 Å². The predicted molar refractivity (Wildman–Crippen MR) is 150 cm³/mol. The van der Waals surface area contributed by atoms with E-state index in [2.05, 4.69) is 29.8 Å². The summed E-state index contributed by atoms with van der Waals surface area (Å²) in [5, 5.41) is 59.5. The molecular formula is C22H16N6O13S3. The number of rotatable bonds is 10. The lowest BCUT2D eigenvalue weighted by Crippen LogP contribution is -1.99. The number of nitrogens with zero attached hydrogens (tertiary/aromatic N) is 5. The topological polar surface area (TPSA) is 306 Å².